The van der Waals surface area contributed by atoms with E-state index in [0.29, 0.717) is 6.61 Å². The highest BCUT2D eigenvalue weighted by Gasteiger charge is 2.26. The third kappa shape index (κ3) is 35.3. The van der Waals surface area contributed by atoms with Gasteiger partial charge in [0.25, 0.3) is 0 Å². The van der Waals surface area contributed by atoms with Crippen LogP contribution in [-0.4, -0.2) is 66.3 Å². The third-order valence-corrected chi connectivity index (χ3v) is 9.74. The lowest BCUT2D eigenvalue weighted by Gasteiger charge is -2.20. The first-order valence-corrected chi connectivity index (χ1v) is 21.5. The predicted octanol–water partition coefficient (Wildman–Crippen LogP) is 10.4. The van der Waals surface area contributed by atoms with Gasteiger partial charge in [0.15, 0.2) is 0 Å². The van der Waals surface area contributed by atoms with Crippen molar-refractivity contribution in [1.29, 1.82) is 0 Å². The molecule has 3 atom stereocenters. The Bertz CT molecular complexity index is 724. The molecule has 0 aromatic heterocycles. The van der Waals surface area contributed by atoms with Gasteiger partial charge in [-0.25, -0.2) is 4.57 Å². The van der Waals surface area contributed by atoms with Gasteiger partial charge in [0.05, 0.1) is 26.4 Å². The van der Waals surface area contributed by atoms with Gasteiger partial charge < -0.3 is 24.6 Å². The van der Waals surface area contributed by atoms with E-state index < -0.39 is 33.2 Å². The average Bonchev–Trinajstić information content (AvgIpc) is 3.07. The molecule has 0 fully saturated rings. The Morgan fingerprint density at radius 3 is 1.35 bits per heavy atom. The SMILES string of the molecule is CCCCCCCCCCCCCCCCCCCOCC(COP(=O)(O)OCC(O)CO)OC(=O)CCCCCCCCCCCC. The van der Waals surface area contributed by atoms with E-state index in [1.807, 2.05) is 0 Å². The van der Waals surface area contributed by atoms with Gasteiger partial charge in [-0.2, -0.15) is 0 Å². The summed E-state index contributed by atoms with van der Waals surface area (Å²) < 4.78 is 33.2. The van der Waals surface area contributed by atoms with E-state index in [-0.39, 0.29) is 25.6 Å². The minimum absolute atomic E-state index is 0.0574. The second-order valence-corrected chi connectivity index (χ2v) is 15.1. The number of carbonyl (C=O) groups is 1. The van der Waals surface area contributed by atoms with E-state index in [4.69, 9.17) is 23.6 Å². The summed E-state index contributed by atoms with van der Waals surface area (Å²) in [5.74, 6) is -0.381. The Morgan fingerprint density at radius 2 is 0.938 bits per heavy atom. The molecule has 0 aliphatic rings. The number of aliphatic hydroxyl groups is 2. The highest BCUT2D eigenvalue weighted by Crippen LogP contribution is 2.43. The lowest BCUT2D eigenvalue weighted by atomic mass is 10.0. The van der Waals surface area contributed by atoms with Crippen LogP contribution in [0.15, 0.2) is 0 Å². The van der Waals surface area contributed by atoms with Gasteiger partial charge in [0, 0.05) is 13.0 Å². The van der Waals surface area contributed by atoms with Gasteiger partial charge in [0.1, 0.15) is 12.2 Å². The van der Waals surface area contributed by atoms with Crippen molar-refractivity contribution in [2.24, 2.45) is 0 Å². The number of ether oxygens (including phenoxy) is 2. The third-order valence-electron chi connectivity index (χ3n) is 8.79. The molecule has 0 aromatic carbocycles. The molecule has 0 radical (unpaired) electrons. The molecule has 48 heavy (non-hydrogen) atoms. The Hall–Kier alpha value is -0.540. The van der Waals surface area contributed by atoms with Crippen molar-refractivity contribution in [3.05, 3.63) is 0 Å². The molecule has 3 unspecified atom stereocenters. The van der Waals surface area contributed by atoms with Crippen LogP contribution in [0, 0.1) is 0 Å². The molecule has 10 heteroatoms. The highest BCUT2D eigenvalue weighted by molar-refractivity contribution is 7.47. The van der Waals surface area contributed by atoms with Crippen LogP contribution < -0.4 is 0 Å². The van der Waals surface area contributed by atoms with E-state index in [1.165, 1.54) is 141 Å². The van der Waals surface area contributed by atoms with Gasteiger partial charge in [0.2, 0.25) is 0 Å². The molecule has 0 saturated heterocycles. The molecule has 0 amide bonds. The fourth-order valence-corrected chi connectivity index (χ4v) is 6.50. The smallest absolute Gasteiger partial charge is 0.457 e. The maximum atomic E-state index is 12.5. The number of phosphoric ester groups is 1. The quantitative estimate of drug-likeness (QED) is 0.0324. The van der Waals surface area contributed by atoms with Crippen LogP contribution in [0.25, 0.3) is 0 Å². The van der Waals surface area contributed by atoms with Crippen LogP contribution in [-0.2, 0) is 27.9 Å². The zero-order chi connectivity index (χ0) is 35.4. The molecule has 0 aromatic rings. The Labute approximate surface area is 295 Å². The molecule has 0 rings (SSSR count). The zero-order valence-electron chi connectivity index (χ0n) is 31.2. The number of unbranched alkanes of at least 4 members (excludes halogenated alkanes) is 25. The van der Waals surface area contributed by atoms with Gasteiger partial charge in [-0.3, -0.25) is 13.8 Å². The summed E-state index contributed by atoms with van der Waals surface area (Å²) in [6.45, 7) is 3.54. The van der Waals surface area contributed by atoms with Crippen molar-refractivity contribution in [3.8, 4) is 0 Å². The Kier molecular flexibility index (Phi) is 35.8. The minimum Gasteiger partial charge on any atom is -0.457 e. The second-order valence-electron chi connectivity index (χ2n) is 13.7. The van der Waals surface area contributed by atoms with Crippen molar-refractivity contribution in [2.75, 3.05) is 33.0 Å². The second kappa shape index (κ2) is 36.3. The molecule has 3 N–H and O–H groups in total. The molecule has 0 saturated carbocycles. The lowest BCUT2D eigenvalue weighted by Crippen LogP contribution is -2.29. The molecular weight excluding hydrogens is 631 g/mol. The summed E-state index contributed by atoms with van der Waals surface area (Å²) in [5.41, 5.74) is 0. The number of hydrogen-bond donors (Lipinski definition) is 3. The summed E-state index contributed by atoms with van der Waals surface area (Å²) in [6.07, 6.45) is 32.0. The number of aliphatic hydroxyl groups excluding tert-OH is 2. The molecule has 0 aliphatic heterocycles. The average molecular weight is 709 g/mol. The summed E-state index contributed by atoms with van der Waals surface area (Å²) >= 11 is 0. The fourth-order valence-electron chi connectivity index (χ4n) is 5.71. The monoisotopic (exact) mass is 709 g/mol. The summed E-state index contributed by atoms with van der Waals surface area (Å²) in [7, 11) is -4.50. The van der Waals surface area contributed by atoms with Crippen LogP contribution in [0.1, 0.15) is 194 Å². The number of hydrogen-bond acceptors (Lipinski definition) is 8. The van der Waals surface area contributed by atoms with Gasteiger partial charge in [-0.05, 0) is 12.8 Å². The van der Waals surface area contributed by atoms with Crippen LogP contribution >= 0.6 is 7.82 Å². The van der Waals surface area contributed by atoms with Crippen molar-refractivity contribution in [1.82, 2.24) is 0 Å². The number of esters is 1. The van der Waals surface area contributed by atoms with Gasteiger partial charge >= 0.3 is 13.8 Å². The van der Waals surface area contributed by atoms with Crippen LogP contribution in [0.2, 0.25) is 0 Å². The number of phosphoric acid groups is 1. The van der Waals surface area contributed by atoms with Crippen LogP contribution in [0.5, 0.6) is 0 Å². The van der Waals surface area contributed by atoms with Crippen molar-refractivity contribution < 1.29 is 43.0 Å². The summed E-state index contributed by atoms with van der Waals surface area (Å²) in [6, 6.07) is 0. The minimum atomic E-state index is -4.50. The molecular formula is C38H77O9P. The topological polar surface area (TPSA) is 132 Å². The molecule has 288 valence electrons. The number of rotatable bonds is 39. The highest BCUT2D eigenvalue weighted by atomic mass is 31.2. The van der Waals surface area contributed by atoms with E-state index >= 15 is 0 Å². The van der Waals surface area contributed by atoms with Crippen LogP contribution in [0.3, 0.4) is 0 Å². The Balaban J connectivity index is 4.11. The maximum absolute atomic E-state index is 12.5. The standard InChI is InChI=1S/C38H77O9P/c1-3-5-7-9-11-13-15-16-17-18-19-20-21-23-25-27-29-31-44-34-37(35-46-48(42,43)45-33-36(40)32-39)47-38(41)30-28-26-24-22-14-12-10-8-6-4-2/h36-37,39-40H,3-35H2,1-2H3,(H,42,43). The van der Waals surface area contributed by atoms with Crippen molar-refractivity contribution in [3.63, 3.8) is 0 Å². The molecule has 9 nitrogen and oxygen atoms in total. The molecule has 0 spiro atoms. The summed E-state index contributed by atoms with van der Waals surface area (Å²) in [5, 5.41) is 18.3. The maximum Gasteiger partial charge on any atom is 0.472 e. The fraction of sp³-hybridized carbons (Fsp3) is 0.974. The molecule has 0 aliphatic carbocycles. The Morgan fingerprint density at radius 1 is 0.562 bits per heavy atom. The predicted molar refractivity (Wildman–Crippen MR) is 196 cm³/mol. The number of carbonyl (C=O) groups excluding carboxylic acids is 1. The van der Waals surface area contributed by atoms with Crippen LogP contribution in [0.4, 0.5) is 0 Å². The normalized spacial score (nSPS) is 14.2. The van der Waals surface area contributed by atoms with Gasteiger partial charge in [-0.15, -0.1) is 0 Å². The van der Waals surface area contributed by atoms with E-state index in [2.05, 4.69) is 13.8 Å². The van der Waals surface area contributed by atoms with E-state index in [9.17, 15) is 19.4 Å². The van der Waals surface area contributed by atoms with E-state index in [0.717, 1.165) is 32.1 Å². The largest absolute Gasteiger partial charge is 0.472 e. The zero-order valence-corrected chi connectivity index (χ0v) is 32.1. The first-order chi connectivity index (χ1) is 23.3. The molecule has 0 bridgehead atoms. The lowest BCUT2D eigenvalue weighted by molar-refractivity contribution is -0.154. The van der Waals surface area contributed by atoms with Gasteiger partial charge in [-0.1, -0.05) is 174 Å². The van der Waals surface area contributed by atoms with Crippen molar-refractivity contribution in [2.45, 2.75) is 206 Å². The van der Waals surface area contributed by atoms with E-state index in [1.54, 1.807) is 0 Å². The first-order valence-electron chi connectivity index (χ1n) is 20.0. The van der Waals surface area contributed by atoms with Crippen molar-refractivity contribution >= 4 is 13.8 Å². The summed E-state index contributed by atoms with van der Waals surface area (Å²) in [4.78, 5) is 22.4. The molecule has 0 heterocycles. The first kappa shape index (κ1) is 47.5.